The maximum atomic E-state index is 12.2. The predicted molar refractivity (Wildman–Crippen MR) is 59.2 cm³/mol. The summed E-state index contributed by atoms with van der Waals surface area (Å²) in [5, 5.41) is 18.4. The monoisotopic (exact) mass is 285 g/mol. The van der Waals surface area contributed by atoms with Gasteiger partial charge in [-0.1, -0.05) is 24.3 Å². The second kappa shape index (κ2) is 5.66. The minimum Gasteiger partial charge on any atom is -0.380 e. The maximum Gasteiger partial charge on any atom is 0.418 e. The Hall–Kier alpha value is -1.15. The Kier molecular flexibility index (Phi) is 5.30. The zero-order chi connectivity index (χ0) is 13.3. The summed E-state index contributed by atoms with van der Waals surface area (Å²) in [6, 6.07) is 4.45. The molecule has 0 fully saturated rings. The van der Waals surface area contributed by atoms with Crippen LogP contribution in [0.3, 0.4) is 0 Å². The third-order valence-electron chi connectivity index (χ3n) is 2.24. The number of nitrogens with two attached hydrogens (primary N) is 1. The van der Waals surface area contributed by atoms with E-state index in [0.29, 0.717) is 6.29 Å². The van der Waals surface area contributed by atoms with Crippen molar-refractivity contribution in [3.8, 4) is 0 Å². The third kappa shape index (κ3) is 3.42. The Bertz CT molecular complexity index is 406. The average Bonchev–Trinajstić information content (AvgIpc) is 2.27. The van der Waals surface area contributed by atoms with Crippen LogP contribution in [-0.2, 0) is 5.72 Å². The van der Waals surface area contributed by atoms with Gasteiger partial charge in [0, 0.05) is 11.1 Å². The molecule has 0 spiro atoms. The molecule has 0 radical (unpaired) electrons. The van der Waals surface area contributed by atoms with Gasteiger partial charge < -0.3 is 10.2 Å². The van der Waals surface area contributed by atoms with Gasteiger partial charge in [0.25, 0.3) is 0 Å². The maximum absolute atomic E-state index is 12.2. The Morgan fingerprint density at radius 3 is 2.00 bits per heavy atom. The lowest BCUT2D eigenvalue weighted by Crippen LogP contribution is -2.54. The van der Waals surface area contributed by atoms with Crippen LogP contribution in [0.2, 0.25) is 0 Å². The van der Waals surface area contributed by atoms with Crippen LogP contribution in [-0.4, -0.2) is 28.8 Å². The number of halogens is 4. The van der Waals surface area contributed by atoms with Crippen molar-refractivity contribution in [3.05, 3.63) is 35.4 Å². The molecule has 2 atom stereocenters. The number of alkyl halides is 3. The van der Waals surface area contributed by atoms with Crippen LogP contribution in [0.5, 0.6) is 0 Å². The first kappa shape index (κ1) is 16.9. The van der Waals surface area contributed by atoms with Crippen molar-refractivity contribution in [1.82, 2.24) is 0 Å². The van der Waals surface area contributed by atoms with Gasteiger partial charge in [-0.2, -0.15) is 13.2 Å². The summed E-state index contributed by atoms with van der Waals surface area (Å²) in [7, 11) is 0. The molecule has 4 nitrogen and oxygen atoms in total. The lowest BCUT2D eigenvalue weighted by Gasteiger charge is -2.30. The predicted octanol–water partition coefficient (Wildman–Crippen LogP) is 0.948. The molecule has 1 aromatic carbocycles. The van der Waals surface area contributed by atoms with E-state index in [2.05, 4.69) is 0 Å². The van der Waals surface area contributed by atoms with Crippen LogP contribution in [0.15, 0.2) is 24.3 Å². The van der Waals surface area contributed by atoms with Gasteiger partial charge in [-0.05, 0) is 0 Å². The second-order valence-corrected chi connectivity index (χ2v) is 3.51. The molecule has 4 N–H and O–H groups in total. The van der Waals surface area contributed by atoms with E-state index in [1.54, 1.807) is 0 Å². The van der Waals surface area contributed by atoms with Gasteiger partial charge in [-0.25, -0.2) is 0 Å². The molecule has 0 aromatic heterocycles. The number of hydrogen-bond acceptors (Lipinski definition) is 4. The van der Waals surface area contributed by atoms with E-state index < -0.39 is 18.0 Å². The van der Waals surface area contributed by atoms with Gasteiger partial charge >= 0.3 is 6.18 Å². The van der Waals surface area contributed by atoms with Crippen molar-refractivity contribution in [3.63, 3.8) is 0 Å². The molecule has 0 heterocycles. The summed E-state index contributed by atoms with van der Waals surface area (Å²) in [5.41, 5.74) is 1.97. The van der Waals surface area contributed by atoms with Crippen molar-refractivity contribution in [2.45, 2.75) is 18.0 Å². The lowest BCUT2D eigenvalue weighted by molar-refractivity contribution is -0.259. The SMILES string of the molecule is Cl.N[C@@](O)(c1ccc(C=O)cc1)[C@H](O)C(F)(F)F. The van der Waals surface area contributed by atoms with Gasteiger partial charge in [0.1, 0.15) is 6.29 Å². The van der Waals surface area contributed by atoms with E-state index in [1.807, 2.05) is 0 Å². The molecule has 0 amide bonds. The van der Waals surface area contributed by atoms with Crippen molar-refractivity contribution >= 4 is 18.7 Å². The van der Waals surface area contributed by atoms with Gasteiger partial charge in [0.05, 0.1) is 0 Å². The number of carbonyl (C=O) groups is 1. The molecule has 0 saturated carbocycles. The molecule has 8 heteroatoms. The quantitative estimate of drug-likeness (QED) is 0.570. The highest BCUT2D eigenvalue weighted by Crippen LogP contribution is 2.31. The molecule has 0 unspecified atom stereocenters. The number of aliphatic hydroxyl groups is 2. The fourth-order valence-corrected chi connectivity index (χ4v) is 1.24. The molecule has 0 saturated heterocycles. The number of aliphatic hydroxyl groups excluding tert-OH is 1. The van der Waals surface area contributed by atoms with Crippen molar-refractivity contribution in [2.24, 2.45) is 5.73 Å². The molecule has 18 heavy (non-hydrogen) atoms. The first-order chi connectivity index (χ1) is 7.69. The average molecular weight is 286 g/mol. The first-order valence-corrected chi connectivity index (χ1v) is 4.51. The molecule has 0 aliphatic rings. The topological polar surface area (TPSA) is 83.5 Å². The van der Waals surface area contributed by atoms with Crippen molar-refractivity contribution in [1.29, 1.82) is 0 Å². The number of benzene rings is 1. The fraction of sp³-hybridized carbons (Fsp3) is 0.300. The molecular weight excluding hydrogens is 275 g/mol. The van der Waals surface area contributed by atoms with E-state index >= 15 is 0 Å². The van der Waals surface area contributed by atoms with Gasteiger partial charge in [0.2, 0.25) is 0 Å². The Balaban J connectivity index is 0.00000289. The minimum absolute atomic E-state index is 0. The van der Waals surface area contributed by atoms with Gasteiger partial charge in [-0.3, -0.25) is 10.5 Å². The molecule has 102 valence electrons. The van der Waals surface area contributed by atoms with E-state index in [-0.39, 0.29) is 23.5 Å². The number of rotatable bonds is 3. The van der Waals surface area contributed by atoms with Crippen LogP contribution in [0.25, 0.3) is 0 Å². The lowest BCUT2D eigenvalue weighted by atomic mass is 9.96. The molecule has 0 bridgehead atoms. The number of aldehydes is 1. The Labute approximate surface area is 107 Å². The van der Waals surface area contributed by atoms with Crippen LogP contribution < -0.4 is 5.73 Å². The summed E-state index contributed by atoms with van der Waals surface area (Å²) in [6.45, 7) is 0. The normalized spacial score (nSPS) is 16.3. The van der Waals surface area contributed by atoms with Crippen molar-refractivity contribution < 1.29 is 28.2 Å². The number of hydrogen-bond donors (Lipinski definition) is 3. The summed E-state index contributed by atoms with van der Waals surface area (Å²) in [6.07, 6.45) is -7.68. The smallest absolute Gasteiger partial charge is 0.380 e. The fourth-order valence-electron chi connectivity index (χ4n) is 1.24. The van der Waals surface area contributed by atoms with Crippen LogP contribution in [0.1, 0.15) is 15.9 Å². The molecule has 1 aromatic rings. The zero-order valence-corrected chi connectivity index (χ0v) is 9.70. The van der Waals surface area contributed by atoms with E-state index in [4.69, 9.17) is 10.8 Å². The van der Waals surface area contributed by atoms with Crippen molar-refractivity contribution in [2.75, 3.05) is 0 Å². The first-order valence-electron chi connectivity index (χ1n) is 4.51. The summed E-state index contributed by atoms with van der Waals surface area (Å²) < 4.78 is 36.7. The van der Waals surface area contributed by atoms with E-state index in [9.17, 15) is 23.1 Å². The minimum atomic E-state index is -5.05. The van der Waals surface area contributed by atoms with E-state index in [0.717, 1.165) is 12.1 Å². The Morgan fingerprint density at radius 2 is 1.67 bits per heavy atom. The summed E-state index contributed by atoms with van der Waals surface area (Å²) >= 11 is 0. The number of carbonyl (C=O) groups excluding carboxylic acids is 1. The third-order valence-corrected chi connectivity index (χ3v) is 2.24. The summed E-state index contributed by atoms with van der Waals surface area (Å²) in [4.78, 5) is 10.3. The molecule has 0 aliphatic carbocycles. The zero-order valence-electron chi connectivity index (χ0n) is 8.89. The standard InChI is InChI=1S/C10H10F3NO3.ClH/c11-10(12,13)8(16)9(14,17)7-3-1-6(5-15)2-4-7;/h1-5,8,16-17H,14H2;1H/t8-,9+;/m0./s1. The van der Waals surface area contributed by atoms with Crippen LogP contribution in [0.4, 0.5) is 13.2 Å². The highest BCUT2D eigenvalue weighted by atomic mass is 35.5. The van der Waals surface area contributed by atoms with Crippen LogP contribution in [0, 0.1) is 0 Å². The molecule has 1 rings (SSSR count). The molecular formula is C10H11ClF3NO3. The second-order valence-electron chi connectivity index (χ2n) is 3.51. The highest BCUT2D eigenvalue weighted by molar-refractivity contribution is 5.85. The molecule has 0 aliphatic heterocycles. The highest BCUT2D eigenvalue weighted by Gasteiger charge is 2.51. The Morgan fingerprint density at radius 1 is 1.22 bits per heavy atom. The largest absolute Gasteiger partial charge is 0.418 e. The summed E-state index contributed by atoms with van der Waals surface area (Å²) in [5.74, 6) is 0. The van der Waals surface area contributed by atoms with Gasteiger partial charge in [-0.15, -0.1) is 12.4 Å². The van der Waals surface area contributed by atoms with Gasteiger partial charge in [0.15, 0.2) is 11.8 Å². The van der Waals surface area contributed by atoms with Crippen LogP contribution >= 0.6 is 12.4 Å². The van der Waals surface area contributed by atoms with E-state index in [1.165, 1.54) is 12.1 Å².